The summed E-state index contributed by atoms with van der Waals surface area (Å²) in [6, 6.07) is 13.4. The number of hydrogen-bond acceptors (Lipinski definition) is 4. The molecule has 8 rings (SSSR count). The lowest BCUT2D eigenvalue weighted by molar-refractivity contribution is -0.0751. The Labute approximate surface area is 211 Å². The largest absolute Gasteiger partial charge is 0.493 e. The highest BCUT2D eigenvalue weighted by molar-refractivity contribution is 5.86. The lowest BCUT2D eigenvalue weighted by atomic mass is 9.47. The molecule has 1 spiro atoms. The van der Waals surface area contributed by atoms with Gasteiger partial charge in [-0.2, -0.15) is 0 Å². The molecule has 3 aromatic rings. The molecule has 1 saturated carbocycles. The first-order valence-electron chi connectivity index (χ1n) is 13.7. The topological polar surface area (TPSA) is 49.5 Å². The van der Waals surface area contributed by atoms with Gasteiger partial charge >= 0.3 is 0 Å². The molecular weight excluding hydrogens is 453 g/mol. The van der Waals surface area contributed by atoms with Crippen molar-refractivity contribution < 1.29 is 13.9 Å². The van der Waals surface area contributed by atoms with E-state index in [2.05, 4.69) is 51.6 Å². The molecule has 36 heavy (non-hydrogen) atoms. The third-order valence-corrected chi connectivity index (χ3v) is 10.1. The molecule has 188 valence electrons. The van der Waals surface area contributed by atoms with Crippen molar-refractivity contribution in [2.45, 2.75) is 61.6 Å². The fourth-order valence-electron chi connectivity index (χ4n) is 8.49. The van der Waals surface area contributed by atoms with Crippen molar-refractivity contribution in [3.05, 3.63) is 58.8 Å². The van der Waals surface area contributed by atoms with Crippen molar-refractivity contribution in [3.63, 3.8) is 0 Å². The Hall–Kier alpha value is -2.57. The lowest BCUT2D eigenvalue weighted by Gasteiger charge is -2.65. The Morgan fingerprint density at radius 2 is 2.11 bits per heavy atom. The summed E-state index contributed by atoms with van der Waals surface area (Å²) in [5.41, 5.74) is 6.09. The number of para-hydroxylation sites is 1. The Morgan fingerprint density at radius 3 is 2.94 bits per heavy atom. The minimum Gasteiger partial charge on any atom is -0.493 e. The number of nitrogens with one attached hydrogen (secondary N) is 2. The van der Waals surface area contributed by atoms with Gasteiger partial charge in [0.2, 0.25) is 0 Å². The number of piperidine rings is 1. The minimum atomic E-state index is -0.291. The predicted molar refractivity (Wildman–Crippen MR) is 138 cm³/mol. The molecule has 0 unspecified atom stereocenters. The second-order valence-electron chi connectivity index (χ2n) is 11.7. The van der Waals surface area contributed by atoms with Crippen LogP contribution in [-0.2, 0) is 18.3 Å². The van der Waals surface area contributed by atoms with E-state index in [0.717, 1.165) is 43.2 Å². The number of alkyl halides is 1. The van der Waals surface area contributed by atoms with E-state index in [1.54, 1.807) is 7.11 Å². The monoisotopic (exact) mass is 487 g/mol. The summed E-state index contributed by atoms with van der Waals surface area (Å²) in [5, 5.41) is 5.37. The van der Waals surface area contributed by atoms with E-state index in [4.69, 9.17) is 9.47 Å². The van der Waals surface area contributed by atoms with Gasteiger partial charge in [-0.3, -0.25) is 9.29 Å². The van der Waals surface area contributed by atoms with E-state index in [1.807, 2.05) is 0 Å². The summed E-state index contributed by atoms with van der Waals surface area (Å²) in [4.78, 5) is 6.58. The van der Waals surface area contributed by atoms with E-state index < -0.39 is 0 Å². The number of H-pyrrole nitrogens is 1. The summed E-state index contributed by atoms with van der Waals surface area (Å²) < 4.78 is 26.3. The fraction of sp³-hybridized carbons (Fsp3) is 0.533. The maximum atomic E-state index is 13.4. The van der Waals surface area contributed by atoms with E-state index in [9.17, 15) is 4.39 Å². The van der Waals surface area contributed by atoms with Crippen LogP contribution < -0.4 is 14.8 Å². The molecule has 1 saturated heterocycles. The number of rotatable bonds is 7. The third kappa shape index (κ3) is 2.57. The molecule has 5 aliphatic rings. The molecule has 2 aromatic carbocycles. The Balaban J connectivity index is 1.41. The minimum absolute atomic E-state index is 0.109. The maximum absolute atomic E-state index is 13.4. The number of aromatic nitrogens is 1. The van der Waals surface area contributed by atoms with Gasteiger partial charge in [0, 0.05) is 29.1 Å². The molecule has 1 aromatic heterocycles. The maximum Gasteiger partial charge on any atom is 0.166 e. The second-order valence-corrected chi connectivity index (χ2v) is 11.7. The van der Waals surface area contributed by atoms with Gasteiger partial charge in [0.25, 0.3) is 0 Å². The Morgan fingerprint density at radius 1 is 1.22 bits per heavy atom. The average molecular weight is 488 g/mol. The smallest absolute Gasteiger partial charge is 0.166 e. The van der Waals surface area contributed by atoms with Gasteiger partial charge < -0.3 is 19.8 Å². The van der Waals surface area contributed by atoms with Crippen molar-refractivity contribution >= 4 is 10.9 Å². The molecular formula is C30H34FN3O2. The first kappa shape index (κ1) is 21.5. The van der Waals surface area contributed by atoms with Gasteiger partial charge in [-0.05, 0) is 80.8 Å². The Bertz CT molecular complexity index is 1370. The highest BCUT2D eigenvalue weighted by atomic mass is 19.1. The molecule has 6 heteroatoms. The summed E-state index contributed by atoms with van der Waals surface area (Å²) >= 11 is 0. The van der Waals surface area contributed by atoms with Crippen molar-refractivity contribution in [2.75, 3.05) is 33.4 Å². The molecule has 3 aliphatic carbocycles. The number of ether oxygens (including phenoxy) is 2. The van der Waals surface area contributed by atoms with Crippen LogP contribution in [0.4, 0.5) is 4.39 Å². The zero-order valence-corrected chi connectivity index (χ0v) is 20.9. The van der Waals surface area contributed by atoms with Crippen LogP contribution in [0.15, 0.2) is 36.4 Å². The first-order chi connectivity index (χ1) is 17.7. The van der Waals surface area contributed by atoms with Gasteiger partial charge in [0.15, 0.2) is 17.6 Å². The third-order valence-electron chi connectivity index (χ3n) is 10.1. The molecule has 4 atom stereocenters. The van der Waals surface area contributed by atoms with Gasteiger partial charge in [0.1, 0.15) is 0 Å². The highest BCUT2D eigenvalue weighted by Gasteiger charge is 2.72. The van der Waals surface area contributed by atoms with Gasteiger partial charge in [0.05, 0.1) is 30.4 Å². The number of nitrogens with zero attached hydrogens (tertiary/aromatic N) is 1. The fourth-order valence-corrected chi connectivity index (χ4v) is 8.49. The van der Waals surface area contributed by atoms with Crippen LogP contribution in [0.25, 0.3) is 10.9 Å². The summed E-state index contributed by atoms with van der Waals surface area (Å²) in [5.74, 6) is 2.58. The molecule has 0 amide bonds. The van der Waals surface area contributed by atoms with Crippen LogP contribution in [0.1, 0.15) is 54.2 Å². The summed E-state index contributed by atoms with van der Waals surface area (Å²) in [6.45, 7) is 2.66. The zero-order chi connectivity index (χ0) is 24.1. The molecule has 2 fully saturated rings. The van der Waals surface area contributed by atoms with Crippen LogP contribution in [0.2, 0.25) is 0 Å². The van der Waals surface area contributed by atoms with Crippen LogP contribution in [0, 0.1) is 5.92 Å². The standard InChI is InChI=1S/C30H34FN3O2/c1-35-23-10-9-19-15-24-30(32-13-4-12-31)16-21-20-5-2-3-6-22(20)33-26(21)28-29(30,25(19)27(23)36-28)11-14-34(24)17-18-7-8-18/h2-3,5-6,9-10,18,24,28,32-33H,4,7-8,11-17H2,1H3/t24-,28+,29-,30-/m1/s1. The molecule has 3 heterocycles. The average Bonchev–Trinajstić information content (AvgIpc) is 3.54. The van der Waals surface area contributed by atoms with Crippen LogP contribution in [0.5, 0.6) is 11.5 Å². The van der Waals surface area contributed by atoms with E-state index in [1.165, 1.54) is 52.7 Å². The predicted octanol–water partition coefficient (Wildman–Crippen LogP) is 4.83. The normalized spacial score (nSPS) is 31.7. The number of halogens is 1. The lowest BCUT2D eigenvalue weighted by Crippen LogP contribution is -2.79. The molecule has 5 nitrogen and oxygen atoms in total. The number of fused-ring (bicyclic) bond motifs is 4. The summed E-state index contributed by atoms with van der Waals surface area (Å²) in [6.07, 6.45) is 6.10. The van der Waals surface area contributed by atoms with Crippen molar-refractivity contribution in [2.24, 2.45) is 5.92 Å². The SMILES string of the molecule is COc1ccc2c3c1O[C@H]1c4[nH]c5ccccc5c4C[C@@]4(NCCCF)[C@@H](C2)N(CC2CC2)CC[C@@]314. The number of hydrogen-bond donors (Lipinski definition) is 2. The quantitative estimate of drug-likeness (QED) is 0.469. The van der Waals surface area contributed by atoms with Gasteiger partial charge in [-0.1, -0.05) is 24.3 Å². The number of benzene rings is 2. The summed E-state index contributed by atoms with van der Waals surface area (Å²) in [7, 11) is 1.74. The van der Waals surface area contributed by atoms with Crippen LogP contribution in [0.3, 0.4) is 0 Å². The van der Waals surface area contributed by atoms with Crippen LogP contribution in [-0.4, -0.2) is 54.9 Å². The molecule has 0 radical (unpaired) electrons. The Kier molecular flexibility index (Phi) is 4.47. The van der Waals surface area contributed by atoms with E-state index in [-0.39, 0.29) is 23.7 Å². The number of methoxy groups -OCH3 is 1. The number of aromatic amines is 1. The van der Waals surface area contributed by atoms with Gasteiger partial charge in [-0.25, -0.2) is 0 Å². The molecule has 2 aliphatic heterocycles. The van der Waals surface area contributed by atoms with Crippen LogP contribution >= 0.6 is 0 Å². The zero-order valence-electron chi connectivity index (χ0n) is 20.9. The molecule has 2 N–H and O–H groups in total. The number of likely N-dealkylation sites (tertiary alicyclic amines) is 1. The van der Waals surface area contributed by atoms with Crippen molar-refractivity contribution in [1.29, 1.82) is 0 Å². The van der Waals surface area contributed by atoms with Gasteiger partial charge in [-0.15, -0.1) is 0 Å². The second kappa shape index (κ2) is 7.48. The van der Waals surface area contributed by atoms with E-state index in [0.29, 0.717) is 19.0 Å². The molecule has 2 bridgehead atoms. The van der Waals surface area contributed by atoms with E-state index >= 15 is 0 Å². The highest BCUT2D eigenvalue weighted by Crippen LogP contribution is 2.69. The van der Waals surface area contributed by atoms with Crippen molar-refractivity contribution in [3.8, 4) is 11.5 Å². The van der Waals surface area contributed by atoms with Crippen molar-refractivity contribution in [1.82, 2.24) is 15.2 Å². The first-order valence-corrected chi connectivity index (χ1v) is 13.7.